The van der Waals surface area contributed by atoms with Gasteiger partial charge in [0.2, 0.25) is 5.91 Å². The van der Waals surface area contributed by atoms with Gasteiger partial charge >= 0.3 is 0 Å². The number of aliphatic hydroxyl groups excluding tert-OH is 1. The van der Waals surface area contributed by atoms with Gasteiger partial charge in [-0.05, 0) is 19.3 Å². The van der Waals surface area contributed by atoms with Gasteiger partial charge in [-0.1, -0.05) is 19.8 Å². The molecule has 1 aliphatic heterocycles. The SMILES string of the molecule is CCCCC(N)C(=O)N1CCC(OCCO)CC1. The molecule has 0 aromatic rings. The van der Waals surface area contributed by atoms with Crippen LogP contribution in [0.4, 0.5) is 0 Å². The Labute approximate surface area is 109 Å². The van der Waals surface area contributed by atoms with Crippen LogP contribution in [0.2, 0.25) is 0 Å². The van der Waals surface area contributed by atoms with Gasteiger partial charge in [-0.15, -0.1) is 0 Å². The number of piperidine rings is 1. The second-order valence-corrected chi connectivity index (χ2v) is 4.87. The molecule has 18 heavy (non-hydrogen) atoms. The van der Waals surface area contributed by atoms with Crippen molar-refractivity contribution in [3.63, 3.8) is 0 Å². The normalized spacial score (nSPS) is 18.9. The molecule has 0 aliphatic carbocycles. The monoisotopic (exact) mass is 258 g/mol. The van der Waals surface area contributed by atoms with Gasteiger partial charge in [-0.3, -0.25) is 4.79 Å². The molecule has 1 aliphatic rings. The molecule has 5 heteroatoms. The number of aliphatic hydroxyl groups is 1. The van der Waals surface area contributed by atoms with Crippen molar-refractivity contribution in [1.29, 1.82) is 0 Å². The fourth-order valence-corrected chi connectivity index (χ4v) is 2.24. The molecule has 1 rings (SSSR count). The summed E-state index contributed by atoms with van der Waals surface area (Å²) >= 11 is 0. The number of amides is 1. The number of nitrogens with two attached hydrogens (primary N) is 1. The van der Waals surface area contributed by atoms with E-state index in [9.17, 15) is 4.79 Å². The average molecular weight is 258 g/mol. The first-order valence-electron chi connectivity index (χ1n) is 6.95. The summed E-state index contributed by atoms with van der Waals surface area (Å²) < 4.78 is 5.47. The number of ether oxygens (including phenoxy) is 1. The molecule has 1 atom stereocenters. The molecule has 1 unspecified atom stereocenters. The molecule has 3 N–H and O–H groups in total. The maximum atomic E-state index is 12.0. The zero-order valence-corrected chi connectivity index (χ0v) is 11.3. The highest BCUT2D eigenvalue weighted by atomic mass is 16.5. The molecule has 0 aromatic carbocycles. The maximum absolute atomic E-state index is 12.0. The van der Waals surface area contributed by atoms with Crippen LogP contribution in [-0.4, -0.2) is 54.4 Å². The molecule has 1 heterocycles. The first-order valence-corrected chi connectivity index (χ1v) is 6.95. The predicted octanol–water partition coefficient (Wildman–Crippen LogP) is 0.504. The Bertz CT molecular complexity index is 240. The fourth-order valence-electron chi connectivity index (χ4n) is 2.24. The Balaban J connectivity index is 2.26. The first-order chi connectivity index (χ1) is 8.69. The minimum Gasteiger partial charge on any atom is -0.394 e. The Morgan fingerprint density at radius 2 is 2.17 bits per heavy atom. The van der Waals surface area contributed by atoms with Crippen LogP contribution in [0.5, 0.6) is 0 Å². The van der Waals surface area contributed by atoms with Crippen LogP contribution in [0.15, 0.2) is 0 Å². The lowest BCUT2D eigenvalue weighted by atomic mass is 10.0. The maximum Gasteiger partial charge on any atom is 0.239 e. The zero-order valence-electron chi connectivity index (χ0n) is 11.3. The van der Waals surface area contributed by atoms with Crippen molar-refractivity contribution in [2.24, 2.45) is 5.73 Å². The standard InChI is InChI=1S/C13H26N2O3/c1-2-3-4-12(14)13(17)15-7-5-11(6-8-15)18-10-9-16/h11-12,16H,2-10,14H2,1H3. The summed E-state index contributed by atoms with van der Waals surface area (Å²) in [7, 11) is 0. The Morgan fingerprint density at radius 3 is 2.72 bits per heavy atom. The molecule has 106 valence electrons. The van der Waals surface area contributed by atoms with Crippen molar-refractivity contribution in [1.82, 2.24) is 4.90 Å². The van der Waals surface area contributed by atoms with E-state index in [0.29, 0.717) is 6.61 Å². The molecule has 1 saturated heterocycles. The minimum absolute atomic E-state index is 0.0566. The lowest BCUT2D eigenvalue weighted by Gasteiger charge is -2.33. The second-order valence-electron chi connectivity index (χ2n) is 4.87. The minimum atomic E-state index is -0.347. The van der Waals surface area contributed by atoms with Gasteiger partial charge in [0.15, 0.2) is 0 Å². The highest BCUT2D eigenvalue weighted by Gasteiger charge is 2.26. The van der Waals surface area contributed by atoms with Gasteiger partial charge in [0.25, 0.3) is 0 Å². The number of unbranched alkanes of at least 4 members (excludes halogenated alkanes) is 1. The number of carbonyl (C=O) groups excluding carboxylic acids is 1. The van der Waals surface area contributed by atoms with E-state index < -0.39 is 0 Å². The van der Waals surface area contributed by atoms with Gasteiger partial charge < -0.3 is 20.5 Å². The summed E-state index contributed by atoms with van der Waals surface area (Å²) in [6.45, 7) is 3.97. The largest absolute Gasteiger partial charge is 0.394 e. The Morgan fingerprint density at radius 1 is 1.50 bits per heavy atom. The Kier molecular flexibility index (Phi) is 7.23. The summed E-state index contributed by atoms with van der Waals surface area (Å²) in [6, 6.07) is -0.347. The third kappa shape index (κ3) is 4.92. The van der Waals surface area contributed by atoms with E-state index in [-0.39, 0.29) is 24.7 Å². The fraction of sp³-hybridized carbons (Fsp3) is 0.923. The van der Waals surface area contributed by atoms with Crippen LogP contribution in [0.3, 0.4) is 0 Å². The number of hydrogen-bond acceptors (Lipinski definition) is 4. The van der Waals surface area contributed by atoms with Crippen LogP contribution in [0.1, 0.15) is 39.0 Å². The lowest BCUT2D eigenvalue weighted by molar-refractivity contribution is -0.135. The number of nitrogens with zero attached hydrogens (tertiary/aromatic N) is 1. The number of likely N-dealkylation sites (tertiary alicyclic amines) is 1. The molecular formula is C13H26N2O3. The van der Waals surface area contributed by atoms with E-state index in [1.807, 2.05) is 4.90 Å². The van der Waals surface area contributed by atoms with Gasteiger partial charge in [-0.2, -0.15) is 0 Å². The van der Waals surface area contributed by atoms with Crippen LogP contribution in [-0.2, 0) is 9.53 Å². The van der Waals surface area contributed by atoms with Crippen molar-refractivity contribution in [3.05, 3.63) is 0 Å². The first kappa shape index (κ1) is 15.4. The van der Waals surface area contributed by atoms with Crippen LogP contribution in [0, 0.1) is 0 Å². The molecule has 0 spiro atoms. The van der Waals surface area contributed by atoms with Crippen LogP contribution >= 0.6 is 0 Å². The molecule has 0 radical (unpaired) electrons. The summed E-state index contributed by atoms with van der Waals surface area (Å²) in [5.41, 5.74) is 5.89. The zero-order chi connectivity index (χ0) is 13.4. The quantitative estimate of drug-likeness (QED) is 0.697. The number of hydrogen-bond donors (Lipinski definition) is 2. The number of carbonyl (C=O) groups is 1. The van der Waals surface area contributed by atoms with Gasteiger partial charge in [0.1, 0.15) is 0 Å². The summed E-state index contributed by atoms with van der Waals surface area (Å²) in [5, 5.41) is 8.69. The van der Waals surface area contributed by atoms with E-state index in [2.05, 4.69) is 6.92 Å². The van der Waals surface area contributed by atoms with Crippen molar-refractivity contribution in [2.75, 3.05) is 26.3 Å². The molecule has 1 fully saturated rings. The predicted molar refractivity (Wildman–Crippen MR) is 70.1 cm³/mol. The molecule has 0 aromatic heterocycles. The van der Waals surface area contributed by atoms with Crippen molar-refractivity contribution in [2.45, 2.75) is 51.2 Å². The highest BCUT2D eigenvalue weighted by molar-refractivity contribution is 5.81. The second kappa shape index (κ2) is 8.45. The summed E-state index contributed by atoms with van der Waals surface area (Å²) in [5.74, 6) is 0.0732. The average Bonchev–Trinajstić information content (AvgIpc) is 2.42. The lowest BCUT2D eigenvalue weighted by Crippen LogP contribution is -2.48. The van der Waals surface area contributed by atoms with Gasteiger partial charge in [-0.25, -0.2) is 0 Å². The van der Waals surface area contributed by atoms with Gasteiger partial charge in [0, 0.05) is 13.1 Å². The van der Waals surface area contributed by atoms with E-state index in [1.165, 1.54) is 0 Å². The van der Waals surface area contributed by atoms with E-state index in [4.69, 9.17) is 15.6 Å². The van der Waals surface area contributed by atoms with E-state index >= 15 is 0 Å². The molecule has 1 amide bonds. The smallest absolute Gasteiger partial charge is 0.239 e. The van der Waals surface area contributed by atoms with Crippen LogP contribution < -0.4 is 5.73 Å². The highest BCUT2D eigenvalue weighted by Crippen LogP contribution is 2.15. The van der Waals surface area contributed by atoms with Crippen LogP contribution in [0.25, 0.3) is 0 Å². The van der Waals surface area contributed by atoms with Crippen molar-refractivity contribution >= 4 is 5.91 Å². The third-order valence-corrected chi connectivity index (χ3v) is 3.38. The van der Waals surface area contributed by atoms with E-state index in [1.54, 1.807) is 0 Å². The number of rotatable bonds is 7. The topological polar surface area (TPSA) is 75.8 Å². The molecule has 5 nitrogen and oxygen atoms in total. The van der Waals surface area contributed by atoms with Crippen molar-refractivity contribution in [3.8, 4) is 0 Å². The Hall–Kier alpha value is -0.650. The third-order valence-electron chi connectivity index (χ3n) is 3.38. The molecule has 0 bridgehead atoms. The molecular weight excluding hydrogens is 232 g/mol. The van der Waals surface area contributed by atoms with E-state index in [0.717, 1.165) is 45.2 Å². The van der Waals surface area contributed by atoms with Crippen molar-refractivity contribution < 1.29 is 14.6 Å². The summed E-state index contributed by atoms with van der Waals surface area (Å²) in [4.78, 5) is 13.9. The summed E-state index contributed by atoms with van der Waals surface area (Å²) in [6.07, 6.45) is 4.70. The van der Waals surface area contributed by atoms with Gasteiger partial charge in [0.05, 0.1) is 25.4 Å². The molecule has 0 saturated carbocycles.